The first-order chi connectivity index (χ1) is 7.44. The monoisotopic (exact) mass is 244 g/mol. The molecule has 0 fully saturated rings. The lowest BCUT2D eigenvalue weighted by atomic mass is 9.90. The molecule has 0 N–H and O–H groups in total. The third-order valence-electron chi connectivity index (χ3n) is 2.66. The molecule has 0 aliphatic heterocycles. The molecule has 0 saturated carbocycles. The Morgan fingerprint density at radius 1 is 1.38 bits per heavy atom. The molecule has 0 bridgehead atoms. The molecule has 0 aromatic heterocycles. The Balaban J connectivity index is 2.17. The van der Waals surface area contributed by atoms with Gasteiger partial charge in [0.15, 0.2) is 0 Å². The Bertz CT molecular complexity index is 496. The smallest absolute Gasteiger partial charge is 0.264 e. The number of benzene rings is 1. The van der Waals surface area contributed by atoms with Gasteiger partial charge in [-0.05, 0) is 36.1 Å². The van der Waals surface area contributed by atoms with E-state index in [0.717, 1.165) is 23.8 Å². The summed E-state index contributed by atoms with van der Waals surface area (Å²) in [4.78, 5) is 0. The van der Waals surface area contributed by atoms with E-state index in [-0.39, 0.29) is 11.9 Å². The number of rotatable bonds is 2. The molecule has 1 aromatic carbocycles. The van der Waals surface area contributed by atoms with E-state index < -0.39 is 10.1 Å². The van der Waals surface area contributed by atoms with Crippen LogP contribution in [0.3, 0.4) is 0 Å². The fourth-order valence-corrected chi connectivity index (χ4v) is 2.68. The van der Waals surface area contributed by atoms with Crippen LogP contribution in [0.1, 0.15) is 17.5 Å². The topological polar surface area (TPSA) is 43.4 Å². The van der Waals surface area contributed by atoms with Crippen molar-refractivity contribution in [2.24, 2.45) is 0 Å². The van der Waals surface area contributed by atoms with Crippen LogP contribution in [0.15, 0.2) is 18.2 Å². The zero-order valence-electron chi connectivity index (χ0n) is 8.94. The molecule has 0 unspecified atom stereocenters. The fourth-order valence-electron chi connectivity index (χ4n) is 2.02. The lowest BCUT2D eigenvalue weighted by Crippen LogP contribution is -2.25. The van der Waals surface area contributed by atoms with Gasteiger partial charge >= 0.3 is 0 Å². The van der Waals surface area contributed by atoms with Gasteiger partial charge in [-0.25, -0.2) is 4.39 Å². The molecule has 16 heavy (non-hydrogen) atoms. The van der Waals surface area contributed by atoms with Crippen LogP contribution >= 0.6 is 0 Å². The zero-order valence-corrected chi connectivity index (χ0v) is 9.76. The minimum atomic E-state index is -3.43. The molecule has 1 aliphatic carbocycles. The van der Waals surface area contributed by atoms with Crippen molar-refractivity contribution in [1.82, 2.24) is 0 Å². The lowest BCUT2D eigenvalue weighted by molar-refractivity contribution is 0.194. The van der Waals surface area contributed by atoms with E-state index in [4.69, 9.17) is 4.18 Å². The zero-order chi connectivity index (χ0) is 11.8. The highest BCUT2D eigenvalue weighted by Gasteiger charge is 2.22. The first-order valence-corrected chi connectivity index (χ1v) is 6.91. The van der Waals surface area contributed by atoms with E-state index in [0.29, 0.717) is 12.8 Å². The van der Waals surface area contributed by atoms with Crippen molar-refractivity contribution >= 4 is 10.1 Å². The van der Waals surface area contributed by atoms with Gasteiger partial charge in [-0.15, -0.1) is 0 Å². The normalized spacial score (nSPS) is 20.5. The van der Waals surface area contributed by atoms with Crippen molar-refractivity contribution in [1.29, 1.82) is 0 Å². The van der Waals surface area contributed by atoms with Crippen molar-refractivity contribution in [3.05, 3.63) is 35.1 Å². The van der Waals surface area contributed by atoms with Crippen LogP contribution in [0.25, 0.3) is 0 Å². The highest BCUT2D eigenvalue weighted by molar-refractivity contribution is 7.86. The van der Waals surface area contributed by atoms with Gasteiger partial charge in [-0.2, -0.15) is 8.42 Å². The van der Waals surface area contributed by atoms with E-state index in [1.54, 1.807) is 6.07 Å². The Morgan fingerprint density at radius 2 is 2.12 bits per heavy atom. The number of halogens is 1. The van der Waals surface area contributed by atoms with Crippen LogP contribution in [0.2, 0.25) is 0 Å². The van der Waals surface area contributed by atoms with Crippen LogP contribution in [0.5, 0.6) is 0 Å². The quantitative estimate of drug-likeness (QED) is 0.743. The van der Waals surface area contributed by atoms with Gasteiger partial charge in [0.1, 0.15) is 5.82 Å². The maximum absolute atomic E-state index is 13.0. The van der Waals surface area contributed by atoms with Gasteiger partial charge in [0.05, 0.1) is 12.4 Å². The summed E-state index contributed by atoms with van der Waals surface area (Å²) in [5.74, 6) is -0.293. The average Bonchev–Trinajstić information content (AvgIpc) is 2.14. The highest BCUT2D eigenvalue weighted by Crippen LogP contribution is 2.24. The van der Waals surface area contributed by atoms with Crippen LogP contribution in [0.4, 0.5) is 4.39 Å². The Morgan fingerprint density at radius 3 is 2.81 bits per heavy atom. The number of aryl methyl sites for hydroxylation is 1. The standard InChI is InChI=1S/C11H13FO3S/c1-16(13,14)15-11-5-3-8-2-4-10(12)6-9(8)7-11/h2,4,6,11H,3,5,7H2,1H3/t11-/m1/s1. The molecule has 2 rings (SSSR count). The van der Waals surface area contributed by atoms with Crippen LogP contribution < -0.4 is 0 Å². The predicted molar refractivity (Wildman–Crippen MR) is 58.1 cm³/mol. The second-order valence-corrected chi connectivity index (χ2v) is 5.68. The molecule has 0 amide bonds. The van der Waals surface area contributed by atoms with Crippen molar-refractivity contribution in [2.75, 3.05) is 6.26 Å². The molecule has 5 heteroatoms. The summed E-state index contributed by atoms with van der Waals surface area (Å²) in [6.07, 6.45) is 2.53. The van der Waals surface area contributed by atoms with Crippen LogP contribution in [-0.4, -0.2) is 20.8 Å². The summed E-state index contributed by atoms with van der Waals surface area (Å²) in [7, 11) is -3.43. The second kappa shape index (κ2) is 4.14. The Hall–Kier alpha value is -0.940. The van der Waals surface area contributed by atoms with Crippen molar-refractivity contribution in [2.45, 2.75) is 25.4 Å². The maximum atomic E-state index is 13.0. The Kier molecular flexibility index (Phi) is 2.99. The van der Waals surface area contributed by atoms with E-state index in [1.807, 2.05) is 0 Å². The highest BCUT2D eigenvalue weighted by atomic mass is 32.2. The first kappa shape index (κ1) is 11.5. The minimum Gasteiger partial charge on any atom is -0.267 e. The molecule has 1 aromatic rings. The number of hydrogen-bond acceptors (Lipinski definition) is 3. The van der Waals surface area contributed by atoms with Crippen LogP contribution in [0, 0.1) is 5.82 Å². The first-order valence-electron chi connectivity index (χ1n) is 5.09. The van der Waals surface area contributed by atoms with Crippen molar-refractivity contribution in [3.8, 4) is 0 Å². The molecule has 3 nitrogen and oxygen atoms in total. The van der Waals surface area contributed by atoms with E-state index >= 15 is 0 Å². The number of hydrogen-bond donors (Lipinski definition) is 0. The molecular weight excluding hydrogens is 231 g/mol. The van der Waals surface area contributed by atoms with Gasteiger partial charge in [0, 0.05) is 6.42 Å². The van der Waals surface area contributed by atoms with Crippen LogP contribution in [-0.2, 0) is 27.1 Å². The summed E-state index contributed by atoms with van der Waals surface area (Å²) in [5.41, 5.74) is 1.93. The van der Waals surface area contributed by atoms with Gasteiger partial charge in [-0.3, -0.25) is 4.18 Å². The summed E-state index contributed by atoms with van der Waals surface area (Å²) < 4.78 is 39.9. The van der Waals surface area contributed by atoms with E-state index in [1.165, 1.54) is 12.1 Å². The van der Waals surface area contributed by atoms with Gasteiger partial charge < -0.3 is 0 Å². The minimum absolute atomic E-state index is 0.293. The Labute approximate surface area is 94.4 Å². The molecule has 1 atom stereocenters. The van der Waals surface area contributed by atoms with Gasteiger partial charge in [0.2, 0.25) is 0 Å². The molecule has 0 heterocycles. The predicted octanol–water partition coefficient (Wildman–Crippen LogP) is 1.66. The maximum Gasteiger partial charge on any atom is 0.264 e. The lowest BCUT2D eigenvalue weighted by Gasteiger charge is -2.23. The van der Waals surface area contributed by atoms with E-state index in [9.17, 15) is 12.8 Å². The average molecular weight is 244 g/mol. The molecule has 1 aliphatic rings. The number of fused-ring (bicyclic) bond motifs is 1. The third kappa shape index (κ3) is 2.80. The largest absolute Gasteiger partial charge is 0.267 e. The third-order valence-corrected chi connectivity index (χ3v) is 3.28. The summed E-state index contributed by atoms with van der Waals surface area (Å²) >= 11 is 0. The van der Waals surface area contributed by atoms with Crippen molar-refractivity contribution < 1.29 is 17.0 Å². The summed E-state index contributed by atoms with van der Waals surface area (Å²) in [6.45, 7) is 0. The molecule has 0 radical (unpaired) electrons. The van der Waals surface area contributed by atoms with Gasteiger partial charge in [-0.1, -0.05) is 6.07 Å². The summed E-state index contributed by atoms with van der Waals surface area (Å²) in [6, 6.07) is 4.63. The fraction of sp³-hybridized carbons (Fsp3) is 0.455. The second-order valence-electron chi connectivity index (χ2n) is 4.08. The SMILES string of the molecule is CS(=O)(=O)O[C@@H]1CCc2ccc(F)cc2C1. The molecule has 88 valence electrons. The van der Waals surface area contributed by atoms with Crippen molar-refractivity contribution in [3.63, 3.8) is 0 Å². The molecule has 0 spiro atoms. The van der Waals surface area contributed by atoms with Gasteiger partial charge in [0.25, 0.3) is 10.1 Å². The molecular formula is C11H13FO3S. The summed E-state index contributed by atoms with van der Waals surface area (Å²) in [5, 5.41) is 0. The molecule has 0 saturated heterocycles. The van der Waals surface area contributed by atoms with E-state index in [2.05, 4.69) is 0 Å².